The SMILES string of the molecule is C1CCC(P(CCP(C2CCCCC2)C2CCCCC2)C2CCCCC2)CC1.[Cl][Rh][Cl].[N]=O. The zero-order valence-electron chi connectivity index (χ0n) is 20.7. The summed E-state index contributed by atoms with van der Waals surface area (Å²) in [5.41, 5.74) is 10.5. The minimum absolute atomic E-state index is 0.226. The van der Waals surface area contributed by atoms with Crippen molar-refractivity contribution < 1.29 is 15.1 Å². The van der Waals surface area contributed by atoms with Crippen LogP contribution in [0.4, 0.5) is 0 Å². The molecule has 7 heteroatoms. The molecule has 0 N–H and O–H groups in total. The number of hydrogen-bond acceptors (Lipinski definition) is 1. The molecule has 0 spiro atoms. The summed E-state index contributed by atoms with van der Waals surface area (Å²) in [6, 6.07) is 0. The number of hydrogen-bond donors (Lipinski definition) is 0. The molecule has 0 aromatic rings. The average Bonchev–Trinajstić information content (AvgIpc) is 2.90. The van der Waals surface area contributed by atoms with Crippen molar-refractivity contribution in [3.63, 3.8) is 0 Å². The van der Waals surface area contributed by atoms with Crippen LogP contribution < -0.4 is 5.59 Å². The van der Waals surface area contributed by atoms with Gasteiger partial charge < -0.3 is 0 Å². The fourth-order valence-corrected chi connectivity index (χ4v) is 15.8. The predicted molar refractivity (Wildman–Crippen MR) is 148 cm³/mol. The molecule has 1 radical (unpaired) electrons. The first-order valence-corrected chi connectivity index (χ1v) is 21.4. The molecule has 0 unspecified atom stereocenters. The number of nitroso groups, excluding NO2 is 1. The van der Waals surface area contributed by atoms with Crippen LogP contribution in [0.1, 0.15) is 128 Å². The van der Waals surface area contributed by atoms with Crippen LogP contribution >= 0.6 is 35.2 Å². The van der Waals surface area contributed by atoms with Crippen molar-refractivity contribution in [3.8, 4) is 0 Å². The zero-order valence-corrected chi connectivity index (χ0v) is 25.6. The van der Waals surface area contributed by atoms with E-state index >= 15 is 0 Å². The predicted octanol–water partition coefficient (Wildman–Crippen LogP) is 10.2. The van der Waals surface area contributed by atoms with Crippen LogP contribution in [0, 0.1) is 4.91 Å². The van der Waals surface area contributed by atoms with Gasteiger partial charge in [-0.25, -0.2) is 0 Å². The second kappa shape index (κ2) is 19.7. The summed E-state index contributed by atoms with van der Waals surface area (Å²) in [5, 5.41) is 0. The van der Waals surface area contributed by atoms with E-state index in [4.69, 9.17) is 29.9 Å². The Hall–Kier alpha value is 1.66. The Morgan fingerprint density at radius 3 is 0.848 bits per heavy atom. The minimum atomic E-state index is -0.226. The van der Waals surface area contributed by atoms with Gasteiger partial charge >= 0.3 is 34.5 Å². The monoisotopic (exact) mass is 625 g/mol. The Balaban J connectivity index is 0.000000714. The third-order valence-electron chi connectivity index (χ3n) is 8.79. The van der Waals surface area contributed by atoms with Crippen LogP contribution in [0.2, 0.25) is 0 Å². The van der Waals surface area contributed by atoms with Crippen molar-refractivity contribution in [1.29, 1.82) is 0 Å². The number of nitrogens with zero attached hydrogens (tertiary/aromatic N) is 1. The minimum Gasteiger partial charge on any atom is -0.120 e. The zero-order chi connectivity index (χ0) is 23.7. The summed E-state index contributed by atoms with van der Waals surface area (Å²) < 4.78 is 0. The molecular weight excluding hydrogens is 578 g/mol. The molecule has 4 aliphatic rings. The molecule has 0 aromatic carbocycles. The summed E-state index contributed by atoms with van der Waals surface area (Å²) in [7, 11) is 10.4. The molecule has 4 fully saturated rings. The van der Waals surface area contributed by atoms with E-state index in [0.29, 0.717) is 15.8 Å². The second-order valence-corrected chi connectivity index (χ2v) is 19.1. The van der Waals surface area contributed by atoms with Gasteiger partial charge in [0, 0.05) is 0 Å². The summed E-state index contributed by atoms with van der Waals surface area (Å²) in [5.74, 6) is 0. The van der Waals surface area contributed by atoms with Crippen molar-refractivity contribution in [2.45, 2.75) is 151 Å². The molecule has 0 amide bonds. The Kier molecular flexibility index (Phi) is 18.5. The summed E-state index contributed by atoms with van der Waals surface area (Å²) in [6.07, 6.45) is 35.1. The van der Waals surface area contributed by atoms with E-state index in [1.807, 2.05) is 0 Å². The van der Waals surface area contributed by atoms with Gasteiger partial charge in [0.25, 0.3) is 0 Å². The fourth-order valence-electron chi connectivity index (χ4n) is 7.21. The standard InChI is InChI=1S/C26H48P2.2ClH.NO.Rh/c1-5-13-23(14-6-1)27(24-15-7-2-8-16-24)21-22-28(25-17-9-3-10-18-25)26-19-11-4-12-20-26;;;1-2;/h23-26H,1-22H2;2*1H;;/q;;;;+2/p-2. The first kappa shape index (κ1) is 30.9. The van der Waals surface area contributed by atoms with E-state index in [9.17, 15) is 0 Å². The fraction of sp³-hybridized carbons (Fsp3) is 1.00. The maximum absolute atomic E-state index is 7.25. The van der Waals surface area contributed by atoms with Gasteiger partial charge in [0.2, 0.25) is 0 Å². The normalized spacial score (nSPS) is 24.2. The molecule has 4 saturated carbocycles. The van der Waals surface area contributed by atoms with Gasteiger partial charge in [0.1, 0.15) is 5.59 Å². The Morgan fingerprint density at radius 1 is 0.485 bits per heavy atom. The maximum atomic E-state index is 7.25. The first-order chi connectivity index (χ1) is 16.3. The molecule has 0 saturated heterocycles. The van der Waals surface area contributed by atoms with Crippen molar-refractivity contribution in [1.82, 2.24) is 5.59 Å². The third-order valence-corrected chi connectivity index (χ3v) is 16.4. The van der Waals surface area contributed by atoms with Gasteiger partial charge in [-0.1, -0.05) is 92.9 Å². The van der Waals surface area contributed by atoms with Crippen LogP contribution in [0.3, 0.4) is 0 Å². The average molecular weight is 626 g/mol. The second-order valence-electron chi connectivity index (χ2n) is 10.7. The molecule has 0 aromatic heterocycles. The van der Waals surface area contributed by atoms with Crippen LogP contribution in [0.25, 0.3) is 0 Å². The Morgan fingerprint density at radius 2 is 0.667 bits per heavy atom. The smallest absolute Gasteiger partial charge is 0.120 e. The van der Waals surface area contributed by atoms with Crippen LogP contribution in [-0.4, -0.2) is 35.0 Å². The van der Waals surface area contributed by atoms with Gasteiger partial charge in [-0.3, -0.25) is 0 Å². The van der Waals surface area contributed by atoms with Gasteiger partial charge in [0.05, 0.1) is 0 Å². The van der Waals surface area contributed by atoms with Gasteiger partial charge in [-0.2, -0.15) is 0 Å². The molecule has 2 nitrogen and oxygen atoms in total. The molecule has 33 heavy (non-hydrogen) atoms. The van der Waals surface area contributed by atoms with Crippen LogP contribution in [-0.2, 0) is 15.1 Å². The largest absolute Gasteiger partial charge is 0.120 e. The topological polar surface area (TPSA) is 39.4 Å². The number of halogens is 2. The molecular formula is C26H48Cl2NOP2Rh. The Labute approximate surface area is 223 Å². The van der Waals surface area contributed by atoms with Gasteiger partial charge in [-0.15, -0.1) is 4.91 Å². The summed E-state index contributed by atoms with van der Waals surface area (Å²) >= 11 is -0.226. The van der Waals surface area contributed by atoms with E-state index in [1.54, 1.807) is 141 Å². The molecule has 0 atom stereocenters. The van der Waals surface area contributed by atoms with E-state index in [0.717, 1.165) is 0 Å². The van der Waals surface area contributed by atoms with E-state index in [2.05, 4.69) is 0 Å². The first-order valence-electron chi connectivity index (χ1n) is 13.9. The van der Waals surface area contributed by atoms with Crippen molar-refractivity contribution in [3.05, 3.63) is 4.91 Å². The molecule has 4 aliphatic carbocycles. The van der Waals surface area contributed by atoms with E-state index < -0.39 is 0 Å². The summed E-state index contributed by atoms with van der Waals surface area (Å²) in [6.45, 7) is 0. The van der Waals surface area contributed by atoms with Crippen molar-refractivity contribution in [2.75, 3.05) is 12.3 Å². The quantitative estimate of drug-likeness (QED) is 0.205. The number of rotatable bonds is 7. The van der Waals surface area contributed by atoms with Crippen LogP contribution in [0.15, 0.2) is 0 Å². The molecule has 196 valence electrons. The van der Waals surface area contributed by atoms with Crippen molar-refractivity contribution in [2.24, 2.45) is 0 Å². The Bertz CT molecular complexity index is 393. The van der Waals surface area contributed by atoms with Crippen LogP contribution in [0.5, 0.6) is 0 Å². The molecule has 4 rings (SSSR count). The third kappa shape index (κ3) is 11.3. The van der Waals surface area contributed by atoms with Gasteiger partial charge in [0.15, 0.2) is 0 Å². The summed E-state index contributed by atoms with van der Waals surface area (Å²) in [4.78, 5) is 7.25. The van der Waals surface area contributed by atoms with Crippen molar-refractivity contribution >= 4 is 35.2 Å². The van der Waals surface area contributed by atoms with E-state index in [-0.39, 0.29) is 15.1 Å². The van der Waals surface area contributed by atoms with Gasteiger partial charge in [-0.05, 0) is 86.3 Å². The van der Waals surface area contributed by atoms with E-state index in [1.165, 1.54) is 22.6 Å². The molecule has 0 bridgehead atoms. The maximum Gasteiger partial charge on any atom is 0.120 e. The molecule has 0 heterocycles. The molecule has 0 aliphatic heterocycles.